The van der Waals surface area contributed by atoms with E-state index in [1.54, 1.807) is 6.07 Å². The van der Waals surface area contributed by atoms with Crippen molar-refractivity contribution in [2.24, 2.45) is 5.41 Å². The Morgan fingerprint density at radius 3 is 2.67 bits per heavy atom. The summed E-state index contributed by atoms with van der Waals surface area (Å²) in [5, 5.41) is 3.72. The molecule has 1 aliphatic rings. The summed E-state index contributed by atoms with van der Waals surface area (Å²) in [6.45, 7) is 5.26. The Hall–Kier alpha value is -0.600. The first-order valence-corrected chi connectivity index (χ1v) is 7.06. The van der Waals surface area contributed by atoms with Gasteiger partial charge in [-0.25, -0.2) is 4.39 Å². The van der Waals surface area contributed by atoms with Crippen molar-refractivity contribution in [1.29, 1.82) is 0 Å². The van der Waals surface area contributed by atoms with Crippen LogP contribution in [0, 0.1) is 11.2 Å². The van der Waals surface area contributed by atoms with Crippen LogP contribution in [0.15, 0.2) is 18.2 Å². The lowest BCUT2D eigenvalue weighted by Gasteiger charge is -2.43. The fourth-order valence-corrected chi connectivity index (χ4v) is 2.80. The zero-order valence-electron chi connectivity index (χ0n) is 11.1. The first-order valence-electron chi connectivity index (χ1n) is 6.69. The summed E-state index contributed by atoms with van der Waals surface area (Å²) in [7, 11) is 0. The maximum Gasteiger partial charge on any atom is 0.144 e. The van der Waals surface area contributed by atoms with Gasteiger partial charge in [-0.1, -0.05) is 44.0 Å². The number of halogens is 2. The first kappa shape index (κ1) is 13.8. The molecule has 1 aromatic carbocycles. The Balaban J connectivity index is 2.08. The molecule has 0 amide bonds. The highest BCUT2D eigenvalue weighted by Crippen LogP contribution is 2.44. The molecule has 18 heavy (non-hydrogen) atoms. The number of hydrogen-bond donors (Lipinski definition) is 1. The van der Waals surface area contributed by atoms with Crippen molar-refractivity contribution in [2.75, 3.05) is 6.54 Å². The van der Waals surface area contributed by atoms with Gasteiger partial charge in [0.05, 0.1) is 5.02 Å². The zero-order valence-corrected chi connectivity index (χ0v) is 11.9. The molecule has 3 heteroatoms. The van der Waals surface area contributed by atoms with Crippen molar-refractivity contribution in [1.82, 2.24) is 5.32 Å². The van der Waals surface area contributed by atoms with E-state index < -0.39 is 0 Å². The summed E-state index contributed by atoms with van der Waals surface area (Å²) in [6.07, 6.45) is 4.40. The van der Waals surface area contributed by atoms with Gasteiger partial charge in [0.15, 0.2) is 0 Å². The smallest absolute Gasteiger partial charge is 0.144 e. The summed E-state index contributed by atoms with van der Waals surface area (Å²) in [5.41, 5.74) is 0.989. The van der Waals surface area contributed by atoms with Gasteiger partial charge in [0.25, 0.3) is 0 Å². The van der Waals surface area contributed by atoms with E-state index in [9.17, 15) is 4.39 Å². The Kier molecular flexibility index (Phi) is 4.29. The van der Waals surface area contributed by atoms with Gasteiger partial charge in [-0.15, -0.1) is 0 Å². The second-order valence-electron chi connectivity index (χ2n) is 5.78. The van der Waals surface area contributed by atoms with Crippen LogP contribution in [0.1, 0.15) is 38.7 Å². The molecule has 1 N–H and O–H groups in total. The van der Waals surface area contributed by atoms with E-state index in [1.165, 1.54) is 19.3 Å². The highest BCUT2D eigenvalue weighted by molar-refractivity contribution is 6.30. The fraction of sp³-hybridized carbons (Fsp3) is 0.600. The van der Waals surface area contributed by atoms with Crippen molar-refractivity contribution in [2.45, 2.75) is 45.6 Å². The molecule has 1 nitrogen and oxygen atoms in total. The first-order chi connectivity index (χ1) is 8.52. The Morgan fingerprint density at radius 1 is 1.39 bits per heavy atom. The molecule has 0 unspecified atom stereocenters. The molecular formula is C15H21ClFN. The van der Waals surface area contributed by atoms with Crippen molar-refractivity contribution in [3.05, 3.63) is 34.6 Å². The topological polar surface area (TPSA) is 12.0 Å². The molecule has 1 saturated carbocycles. The second kappa shape index (κ2) is 5.58. The minimum absolute atomic E-state index is 0.232. The van der Waals surface area contributed by atoms with E-state index in [1.807, 2.05) is 12.1 Å². The van der Waals surface area contributed by atoms with Crippen LogP contribution >= 0.6 is 11.6 Å². The summed E-state index contributed by atoms with van der Waals surface area (Å²) < 4.78 is 13.9. The molecule has 2 rings (SSSR count). The monoisotopic (exact) mass is 269 g/mol. The van der Waals surface area contributed by atoms with Crippen molar-refractivity contribution in [3.63, 3.8) is 0 Å². The molecule has 0 spiro atoms. The van der Waals surface area contributed by atoms with Gasteiger partial charge < -0.3 is 5.32 Å². The highest BCUT2D eigenvalue weighted by Gasteiger charge is 2.37. The lowest BCUT2D eigenvalue weighted by molar-refractivity contribution is 0.125. The largest absolute Gasteiger partial charge is 0.314 e. The average molecular weight is 270 g/mol. The summed E-state index contributed by atoms with van der Waals surface area (Å²) in [5.74, 6) is -0.241. The highest BCUT2D eigenvalue weighted by atomic mass is 35.5. The van der Waals surface area contributed by atoms with Gasteiger partial charge in [0.2, 0.25) is 0 Å². The van der Waals surface area contributed by atoms with Gasteiger partial charge in [0.1, 0.15) is 5.82 Å². The predicted molar refractivity (Wildman–Crippen MR) is 74.5 cm³/mol. The molecule has 0 radical (unpaired) electrons. The maximum atomic E-state index is 13.9. The predicted octanol–water partition coefficient (Wildman–Crippen LogP) is 4.19. The third-order valence-electron chi connectivity index (χ3n) is 3.90. The van der Waals surface area contributed by atoms with Crippen LogP contribution in [0.3, 0.4) is 0 Å². The standard InChI is InChI=1S/C15H21ClFN/c1-11(2)18-10-15(7-4-8-15)9-12-5-3-6-13(16)14(12)17/h3,5-6,11,18H,4,7-10H2,1-2H3. The van der Waals surface area contributed by atoms with E-state index in [0.717, 1.165) is 18.5 Å². The van der Waals surface area contributed by atoms with Crippen molar-refractivity contribution in [3.8, 4) is 0 Å². The van der Waals surface area contributed by atoms with E-state index >= 15 is 0 Å². The van der Waals surface area contributed by atoms with Gasteiger partial charge in [-0.2, -0.15) is 0 Å². The molecule has 0 saturated heterocycles. The number of nitrogens with one attached hydrogen (secondary N) is 1. The summed E-state index contributed by atoms with van der Waals surface area (Å²) in [6, 6.07) is 5.78. The molecule has 0 atom stereocenters. The Morgan fingerprint density at radius 2 is 2.11 bits per heavy atom. The van der Waals surface area contributed by atoms with Crippen LogP contribution in [-0.4, -0.2) is 12.6 Å². The third kappa shape index (κ3) is 3.04. The minimum atomic E-state index is -0.241. The fourth-order valence-electron chi connectivity index (χ4n) is 2.60. The SMILES string of the molecule is CC(C)NCC1(Cc2cccc(Cl)c2F)CCC1. The van der Waals surface area contributed by atoms with E-state index in [2.05, 4.69) is 19.2 Å². The van der Waals surface area contributed by atoms with Crippen LogP contribution in [0.2, 0.25) is 5.02 Å². The van der Waals surface area contributed by atoms with Crippen LogP contribution in [0.25, 0.3) is 0 Å². The molecular weight excluding hydrogens is 249 g/mol. The molecule has 0 bridgehead atoms. The Labute approximate surface area is 114 Å². The molecule has 0 aliphatic heterocycles. The van der Waals surface area contributed by atoms with Crippen LogP contribution in [0.5, 0.6) is 0 Å². The molecule has 0 aromatic heterocycles. The van der Waals surface area contributed by atoms with E-state index in [4.69, 9.17) is 11.6 Å². The third-order valence-corrected chi connectivity index (χ3v) is 4.19. The number of rotatable bonds is 5. The van der Waals surface area contributed by atoms with Crippen LogP contribution < -0.4 is 5.32 Å². The van der Waals surface area contributed by atoms with Crippen molar-refractivity contribution >= 4 is 11.6 Å². The minimum Gasteiger partial charge on any atom is -0.314 e. The summed E-state index contributed by atoms with van der Waals surface area (Å²) >= 11 is 5.84. The van der Waals surface area contributed by atoms with Crippen molar-refractivity contribution < 1.29 is 4.39 Å². The van der Waals surface area contributed by atoms with Crippen LogP contribution in [-0.2, 0) is 6.42 Å². The Bertz CT molecular complexity index is 413. The van der Waals surface area contributed by atoms with E-state index in [-0.39, 0.29) is 16.3 Å². The lowest BCUT2D eigenvalue weighted by atomic mass is 9.65. The average Bonchev–Trinajstić information content (AvgIpc) is 2.27. The lowest BCUT2D eigenvalue weighted by Crippen LogP contribution is -2.43. The molecule has 1 aliphatic carbocycles. The number of hydrogen-bond acceptors (Lipinski definition) is 1. The van der Waals surface area contributed by atoms with E-state index in [0.29, 0.717) is 6.04 Å². The van der Waals surface area contributed by atoms with Gasteiger partial charge in [-0.05, 0) is 36.3 Å². The molecule has 1 fully saturated rings. The van der Waals surface area contributed by atoms with Gasteiger partial charge in [0, 0.05) is 12.6 Å². The quantitative estimate of drug-likeness (QED) is 0.845. The van der Waals surface area contributed by atoms with Gasteiger partial charge >= 0.3 is 0 Å². The molecule has 100 valence electrons. The molecule has 1 aromatic rings. The zero-order chi connectivity index (χ0) is 13.2. The van der Waals surface area contributed by atoms with Gasteiger partial charge in [-0.3, -0.25) is 0 Å². The number of benzene rings is 1. The molecule has 0 heterocycles. The van der Waals surface area contributed by atoms with Crippen LogP contribution in [0.4, 0.5) is 4.39 Å². The summed E-state index contributed by atoms with van der Waals surface area (Å²) in [4.78, 5) is 0. The second-order valence-corrected chi connectivity index (χ2v) is 6.19. The maximum absolute atomic E-state index is 13.9. The normalized spacial score (nSPS) is 17.8.